The van der Waals surface area contributed by atoms with E-state index in [9.17, 15) is 24.0 Å². The van der Waals surface area contributed by atoms with Gasteiger partial charge in [-0.05, 0) is 37.4 Å². The molecule has 2 unspecified atom stereocenters. The molecule has 5 amide bonds. The number of nitrogens with zero attached hydrogens (tertiary/aromatic N) is 3. The molecule has 0 saturated carbocycles. The third-order valence-electron chi connectivity index (χ3n) is 7.01. The van der Waals surface area contributed by atoms with Crippen LogP contribution in [0.5, 0.6) is 0 Å². The molecule has 3 saturated heterocycles. The van der Waals surface area contributed by atoms with Crippen LogP contribution in [0.25, 0.3) is 0 Å². The lowest BCUT2D eigenvalue weighted by molar-refractivity contribution is -0.137. The lowest BCUT2D eigenvalue weighted by atomic mass is 10.0. The number of benzene rings is 1. The highest BCUT2D eigenvalue weighted by Crippen LogP contribution is 2.32. The Bertz CT molecular complexity index is 1030. The predicted molar refractivity (Wildman–Crippen MR) is 116 cm³/mol. The number of imide groups is 2. The van der Waals surface area contributed by atoms with Gasteiger partial charge >= 0.3 is 0 Å². The fourth-order valence-corrected chi connectivity index (χ4v) is 5.33. The molecule has 4 heterocycles. The number of rotatable bonds is 4. The van der Waals surface area contributed by atoms with Gasteiger partial charge in [-0.3, -0.25) is 39.1 Å². The molecular weight excluding hydrogens is 426 g/mol. The Balaban J connectivity index is 1.37. The Morgan fingerprint density at radius 3 is 2.55 bits per heavy atom. The van der Waals surface area contributed by atoms with E-state index in [0.29, 0.717) is 30.8 Å². The predicted octanol–water partition coefficient (Wildman–Crippen LogP) is -0.516. The van der Waals surface area contributed by atoms with E-state index in [1.165, 1.54) is 0 Å². The van der Waals surface area contributed by atoms with E-state index in [2.05, 4.69) is 15.5 Å². The van der Waals surface area contributed by atoms with Crippen molar-refractivity contribution in [3.63, 3.8) is 0 Å². The monoisotopic (exact) mass is 453 g/mol. The Labute approximate surface area is 191 Å². The molecule has 3 fully saturated rings. The van der Waals surface area contributed by atoms with Crippen molar-refractivity contribution in [2.24, 2.45) is 0 Å². The van der Waals surface area contributed by atoms with Crippen LogP contribution in [-0.4, -0.2) is 89.0 Å². The maximum Gasteiger partial charge on any atom is 0.262 e. The van der Waals surface area contributed by atoms with Gasteiger partial charge in [-0.1, -0.05) is 12.1 Å². The average Bonchev–Trinajstić information content (AvgIpc) is 3.37. The summed E-state index contributed by atoms with van der Waals surface area (Å²) in [4.78, 5) is 68.3. The van der Waals surface area contributed by atoms with Crippen LogP contribution in [0.4, 0.5) is 0 Å². The second-order valence-corrected chi connectivity index (χ2v) is 8.99. The molecule has 0 bridgehead atoms. The lowest BCUT2D eigenvalue weighted by Gasteiger charge is -2.33. The molecular formula is C23H27N5O5. The molecule has 4 aliphatic heterocycles. The van der Waals surface area contributed by atoms with Crippen LogP contribution in [0.2, 0.25) is 0 Å². The summed E-state index contributed by atoms with van der Waals surface area (Å²) in [5.74, 6) is -1.93. The molecule has 0 aliphatic carbocycles. The van der Waals surface area contributed by atoms with Gasteiger partial charge < -0.3 is 10.2 Å². The van der Waals surface area contributed by atoms with Gasteiger partial charge in [0.25, 0.3) is 11.8 Å². The van der Waals surface area contributed by atoms with Crippen molar-refractivity contribution in [2.45, 2.75) is 44.3 Å². The molecule has 10 heteroatoms. The molecule has 1 aromatic rings. The van der Waals surface area contributed by atoms with E-state index < -0.39 is 29.7 Å². The van der Waals surface area contributed by atoms with Gasteiger partial charge in [-0.15, -0.1) is 0 Å². The number of carbonyl (C=O) groups is 5. The molecule has 5 rings (SSSR count). The van der Waals surface area contributed by atoms with Crippen LogP contribution in [0, 0.1) is 0 Å². The molecule has 0 spiro atoms. The molecule has 4 aliphatic rings. The molecule has 10 nitrogen and oxygen atoms in total. The lowest BCUT2D eigenvalue weighted by Crippen LogP contribution is -2.54. The minimum Gasteiger partial charge on any atom is -0.339 e. The van der Waals surface area contributed by atoms with E-state index in [1.54, 1.807) is 12.1 Å². The Morgan fingerprint density at radius 1 is 1.00 bits per heavy atom. The first-order chi connectivity index (χ1) is 16.0. The number of nitrogens with one attached hydrogen (secondary N) is 2. The number of likely N-dealkylation sites (tertiary alicyclic amines) is 1. The highest BCUT2D eigenvalue weighted by Gasteiger charge is 2.46. The van der Waals surface area contributed by atoms with Crippen LogP contribution in [0.3, 0.4) is 0 Å². The first-order valence-corrected chi connectivity index (χ1v) is 11.5. The largest absolute Gasteiger partial charge is 0.339 e. The van der Waals surface area contributed by atoms with Gasteiger partial charge in [-0.25, -0.2) is 0 Å². The van der Waals surface area contributed by atoms with Crippen molar-refractivity contribution in [2.75, 3.05) is 32.7 Å². The summed E-state index contributed by atoms with van der Waals surface area (Å²) in [5.41, 5.74) is 1.25. The second kappa shape index (κ2) is 8.68. The van der Waals surface area contributed by atoms with Crippen molar-refractivity contribution in [3.8, 4) is 0 Å². The highest BCUT2D eigenvalue weighted by molar-refractivity contribution is 6.24. The molecule has 174 valence electrons. The van der Waals surface area contributed by atoms with Crippen molar-refractivity contribution in [1.29, 1.82) is 0 Å². The van der Waals surface area contributed by atoms with Crippen LogP contribution in [-0.2, 0) is 20.9 Å². The van der Waals surface area contributed by atoms with Gasteiger partial charge in [0.2, 0.25) is 17.7 Å². The van der Waals surface area contributed by atoms with E-state index in [-0.39, 0.29) is 30.4 Å². The molecule has 0 radical (unpaired) electrons. The topological polar surface area (TPSA) is 119 Å². The number of carbonyl (C=O) groups excluding carboxylic acids is 5. The Morgan fingerprint density at radius 2 is 1.79 bits per heavy atom. The summed E-state index contributed by atoms with van der Waals surface area (Å²) in [7, 11) is 0. The minimum atomic E-state index is -0.989. The van der Waals surface area contributed by atoms with Crippen LogP contribution in [0.15, 0.2) is 18.2 Å². The second-order valence-electron chi connectivity index (χ2n) is 8.99. The molecule has 2 atom stereocenters. The van der Waals surface area contributed by atoms with Gasteiger partial charge in [-0.2, -0.15) is 0 Å². The Hall–Kier alpha value is -3.11. The number of piperazine rings is 1. The summed E-state index contributed by atoms with van der Waals surface area (Å²) in [6.07, 6.45) is 1.87. The summed E-state index contributed by atoms with van der Waals surface area (Å²) >= 11 is 0. The zero-order valence-electron chi connectivity index (χ0n) is 18.3. The van der Waals surface area contributed by atoms with Crippen molar-refractivity contribution >= 4 is 29.5 Å². The number of amides is 5. The van der Waals surface area contributed by atoms with Crippen molar-refractivity contribution in [1.82, 2.24) is 25.3 Å². The average molecular weight is 453 g/mol. The number of fused-ring (bicyclic) bond motifs is 1. The SMILES string of the molecule is O=C1CCC(N2C(=O)c3cccc(CN4CCCC4C(=O)N4CCNCC4)c3C2=O)C(=O)N1. The third-order valence-corrected chi connectivity index (χ3v) is 7.01. The summed E-state index contributed by atoms with van der Waals surface area (Å²) in [5, 5.41) is 5.47. The zero-order valence-corrected chi connectivity index (χ0v) is 18.3. The third kappa shape index (κ3) is 3.83. The van der Waals surface area contributed by atoms with E-state index in [4.69, 9.17) is 0 Å². The van der Waals surface area contributed by atoms with Crippen molar-refractivity contribution < 1.29 is 24.0 Å². The highest BCUT2D eigenvalue weighted by atomic mass is 16.2. The quantitative estimate of drug-likeness (QED) is 0.589. The van der Waals surface area contributed by atoms with Gasteiger partial charge in [0.1, 0.15) is 6.04 Å². The number of hydrogen-bond donors (Lipinski definition) is 2. The number of piperidine rings is 1. The summed E-state index contributed by atoms with van der Waals surface area (Å²) in [6, 6.07) is 3.91. The van der Waals surface area contributed by atoms with Crippen LogP contribution >= 0.6 is 0 Å². The van der Waals surface area contributed by atoms with Gasteiger partial charge in [0.05, 0.1) is 17.2 Å². The smallest absolute Gasteiger partial charge is 0.262 e. The van der Waals surface area contributed by atoms with E-state index in [0.717, 1.165) is 37.4 Å². The summed E-state index contributed by atoms with van der Waals surface area (Å²) < 4.78 is 0. The van der Waals surface area contributed by atoms with E-state index >= 15 is 0 Å². The normalized spacial score (nSPS) is 26.1. The molecule has 2 N–H and O–H groups in total. The fourth-order valence-electron chi connectivity index (χ4n) is 5.33. The standard InChI is InChI=1S/C23H27N5O5/c29-18-7-6-16(20(30)25-18)28-21(31)15-4-1-3-14(19(15)23(28)33)13-27-10-2-5-17(27)22(32)26-11-8-24-9-12-26/h1,3-4,16-17,24H,2,5-13H2,(H,25,29,30). The zero-order chi connectivity index (χ0) is 23.1. The fraction of sp³-hybridized carbons (Fsp3) is 0.522. The van der Waals surface area contributed by atoms with Crippen molar-refractivity contribution in [3.05, 3.63) is 34.9 Å². The first kappa shape index (κ1) is 21.7. The molecule has 1 aromatic carbocycles. The molecule has 33 heavy (non-hydrogen) atoms. The summed E-state index contributed by atoms with van der Waals surface area (Å²) in [6.45, 7) is 4.09. The number of hydrogen-bond acceptors (Lipinski definition) is 7. The van der Waals surface area contributed by atoms with Gasteiger partial charge in [0.15, 0.2) is 0 Å². The van der Waals surface area contributed by atoms with E-state index in [1.807, 2.05) is 11.0 Å². The first-order valence-electron chi connectivity index (χ1n) is 11.5. The molecule has 0 aromatic heterocycles. The Kier molecular flexibility index (Phi) is 5.71. The maximum atomic E-state index is 13.3. The minimum absolute atomic E-state index is 0.0836. The van der Waals surface area contributed by atoms with Gasteiger partial charge in [0, 0.05) is 39.1 Å². The van der Waals surface area contributed by atoms with Crippen LogP contribution in [0.1, 0.15) is 52.0 Å². The van der Waals surface area contributed by atoms with Crippen LogP contribution < -0.4 is 10.6 Å². The maximum absolute atomic E-state index is 13.3.